The van der Waals surface area contributed by atoms with Crippen molar-refractivity contribution in [3.05, 3.63) is 47.1 Å². The third kappa shape index (κ3) is 4.54. The van der Waals surface area contributed by atoms with E-state index in [0.717, 1.165) is 11.3 Å². The third-order valence-corrected chi connectivity index (χ3v) is 4.34. The lowest BCUT2D eigenvalue weighted by Gasteiger charge is -2.17. The summed E-state index contributed by atoms with van der Waals surface area (Å²) in [5.41, 5.74) is 0.898. The van der Waals surface area contributed by atoms with Crippen molar-refractivity contribution in [2.75, 3.05) is 25.1 Å². The number of carbonyl (C=O) groups is 1. The molecule has 8 heteroatoms. The molecule has 1 unspecified atom stereocenters. The van der Waals surface area contributed by atoms with Crippen LogP contribution in [0.3, 0.4) is 0 Å². The summed E-state index contributed by atoms with van der Waals surface area (Å²) in [6, 6.07) is 8.85. The molecule has 1 aliphatic rings. The number of rotatable bonds is 5. The molecule has 0 saturated carbocycles. The second-order valence-electron chi connectivity index (χ2n) is 5.90. The first-order chi connectivity index (χ1) is 12.5. The molecular weight excluding hydrogens is 361 g/mol. The van der Waals surface area contributed by atoms with Crippen molar-refractivity contribution >= 4 is 23.5 Å². The van der Waals surface area contributed by atoms with Crippen molar-refractivity contribution < 1.29 is 18.7 Å². The zero-order valence-electron chi connectivity index (χ0n) is 14.2. The van der Waals surface area contributed by atoms with Gasteiger partial charge < -0.3 is 19.7 Å². The number of hydrogen-bond donors (Lipinski definition) is 1. The van der Waals surface area contributed by atoms with Crippen LogP contribution in [0.2, 0.25) is 5.02 Å². The molecule has 138 valence electrons. The lowest BCUT2D eigenvalue weighted by atomic mass is 10.2. The van der Waals surface area contributed by atoms with Gasteiger partial charge in [-0.25, -0.2) is 14.2 Å². The highest BCUT2D eigenvalue weighted by molar-refractivity contribution is 6.32. The summed E-state index contributed by atoms with van der Waals surface area (Å²) in [6.45, 7) is 1.14. The minimum atomic E-state index is -0.871. The van der Waals surface area contributed by atoms with Crippen LogP contribution in [0.1, 0.15) is 12.0 Å². The number of pyridine rings is 1. The van der Waals surface area contributed by atoms with Gasteiger partial charge in [0.15, 0.2) is 5.75 Å². The molecule has 6 nitrogen and oxygen atoms in total. The third-order valence-electron chi connectivity index (χ3n) is 4.06. The van der Waals surface area contributed by atoms with E-state index < -0.39 is 12.3 Å². The molecule has 0 aliphatic carbocycles. The number of anilines is 1. The van der Waals surface area contributed by atoms with Crippen LogP contribution in [-0.4, -0.2) is 37.4 Å². The molecule has 0 spiro atoms. The first kappa shape index (κ1) is 18.3. The number of halogens is 2. The van der Waals surface area contributed by atoms with Crippen LogP contribution in [0.5, 0.6) is 11.5 Å². The van der Waals surface area contributed by atoms with Gasteiger partial charge in [-0.1, -0.05) is 23.7 Å². The average Bonchev–Trinajstić information content (AvgIpc) is 3.08. The smallest absolute Gasteiger partial charge is 0.412 e. The number of hydrogen-bond acceptors (Lipinski definition) is 5. The van der Waals surface area contributed by atoms with E-state index in [-0.39, 0.29) is 17.3 Å². The number of nitrogens with one attached hydrogen (secondary N) is 1. The predicted molar refractivity (Wildman–Crippen MR) is 96.8 cm³/mol. The van der Waals surface area contributed by atoms with Gasteiger partial charge in [0.1, 0.15) is 22.8 Å². The lowest BCUT2D eigenvalue weighted by Crippen LogP contribution is -2.26. The van der Waals surface area contributed by atoms with E-state index in [0.29, 0.717) is 25.3 Å². The molecule has 1 N–H and O–H groups in total. The zero-order valence-corrected chi connectivity index (χ0v) is 15.0. The molecule has 2 aromatic rings. The Kier molecular flexibility index (Phi) is 5.78. The number of alkyl halides is 1. The highest BCUT2D eigenvalue weighted by Gasteiger charge is 2.23. The maximum atomic E-state index is 13.4. The highest BCUT2D eigenvalue weighted by Crippen LogP contribution is 2.29. The Morgan fingerprint density at radius 2 is 2.19 bits per heavy atom. The van der Waals surface area contributed by atoms with Gasteiger partial charge in [-0.2, -0.15) is 0 Å². The Balaban J connectivity index is 1.59. The summed E-state index contributed by atoms with van der Waals surface area (Å²) >= 11 is 6.05. The topological polar surface area (TPSA) is 63.7 Å². The van der Waals surface area contributed by atoms with E-state index in [2.05, 4.69) is 10.3 Å². The predicted octanol–water partition coefficient (Wildman–Crippen LogP) is 3.58. The van der Waals surface area contributed by atoms with Gasteiger partial charge in [0.25, 0.3) is 0 Å². The second kappa shape index (κ2) is 8.23. The van der Waals surface area contributed by atoms with Crippen molar-refractivity contribution in [2.24, 2.45) is 0 Å². The summed E-state index contributed by atoms with van der Waals surface area (Å²) in [7, 11) is 1.59. The summed E-state index contributed by atoms with van der Waals surface area (Å²) < 4.78 is 23.7. The second-order valence-corrected chi connectivity index (χ2v) is 6.30. The largest absolute Gasteiger partial charge is 0.497 e. The van der Waals surface area contributed by atoms with Crippen LogP contribution in [0.4, 0.5) is 15.0 Å². The van der Waals surface area contributed by atoms with Crippen LogP contribution in [0.15, 0.2) is 36.5 Å². The molecule has 2 heterocycles. The van der Waals surface area contributed by atoms with Gasteiger partial charge in [0.2, 0.25) is 0 Å². The number of ether oxygens (including phenoxy) is 2. The van der Waals surface area contributed by atoms with Gasteiger partial charge in [0, 0.05) is 19.2 Å². The molecule has 1 atom stereocenters. The maximum absolute atomic E-state index is 13.4. The number of aromatic nitrogens is 1. The molecule has 0 radical (unpaired) electrons. The van der Waals surface area contributed by atoms with Crippen LogP contribution < -0.4 is 19.7 Å². The lowest BCUT2D eigenvalue weighted by molar-refractivity contribution is 0.200. The van der Waals surface area contributed by atoms with E-state index in [1.165, 1.54) is 6.20 Å². The highest BCUT2D eigenvalue weighted by atomic mass is 35.5. The minimum Gasteiger partial charge on any atom is -0.497 e. The number of carbonyl (C=O) groups excluding carboxylic acids is 1. The quantitative estimate of drug-likeness (QED) is 0.860. The normalized spacial score (nSPS) is 16.4. The summed E-state index contributed by atoms with van der Waals surface area (Å²) in [5, 5.41) is 2.87. The van der Waals surface area contributed by atoms with E-state index in [9.17, 15) is 9.18 Å². The van der Waals surface area contributed by atoms with Crippen molar-refractivity contribution in [1.29, 1.82) is 0 Å². The van der Waals surface area contributed by atoms with Crippen LogP contribution in [0.25, 0.3) is 0 Å². The monoisotopic (exact) mass is 379 g/mol. The van der Waals surface area contributed by atoms with Gasteiger partial charge in [-0.3, -0.25) is 0 Å². The fourth-order valence-corrected chi connectivity index (χ4v) is 2.78. The summed E-state index contributed by atoms with van der Waals surface area (Å²) in [4.78, 5) is 18.0. The molecule has 0 bridgehead atoms. The Labute approximate surface area is 155 Å². The van der Waals surface area contributed by atoms with Crippen molar-refractivity contribution in [3.63, 3.8) is 0 Å². The van der Waals surface area contributed by atoms with Gasteiger partial charge in [0.05, 0.1) is 19.9 Å². The Morgan fingerprint density at radius 1 is 1.42 bits per heavy atom. The number of methoxy groups -OCH3 is 1. The molecule has 1 fully saturated rings. The van der Waals surface area contributed by atoms with Crippen molar-refractivity contribution in [1.82, 2.24) is 10.3 Å². The summed E-state index contributed by atoms with van der Waals surface area (Å²) in [5.74, 6) is 1.46. The van der Waals surface area contributed by atoms with Gasteiger partial charge >= 0.3 is 6.09 Å². The first-order valence-corrected chi connectivity index (χ1v) is 8.56. The molecule has 1 aromatic heterocycles. The SMILES string of the molecule is COc1ccc(CNC(=O)Oc2cc(N3CCC(F)C3)ncc2Cl)cc1. The standard InChI is InChI=1S/C18H19ClFN3O3/c1-25-14-4-2-12(3-5-14)9-22-18(24)26-16-8-17(21-10-15(16)19)23-7-6-13(20)11-23/h2-5,8,10,13H,6-7,9,11H2,1H3,(H,22,24). The van der Waals surface area contributed by atoms with Gasteiger partial charge in [-0.05, 0) is 24.1 Å². The Hall–Kier alpha value is -2.54. The fraction of sp³-hybridized carbons (Fsp3) is 0.333. The molecule has 1 aromatic carbocycles. The number of nitrogens with zero attached hydrogens (tertiary/aromatic N) is 2. The first-order valence-electron chi connectivity index (χ1n) is 8.18. The zero-order chi connectivity index (χ0) is 18.5. The van der Waals surface area contributed by atoms with E-state index >= 15 is 0 Å². The van der Waals surface area contributed by atoms with E-state index in [1.807, 2.05) is 24.3 Å². The average molecular weight is 380 g/mol. The van der Waals surface area contributed by atoms with Crippen LogP contribution >= 0.6 is 11.6 Å². The van der Waals surface area contributed by atoms with Crippen molar-refractivity contribution in [2.45, 2.75) is 19.1 Å². The van der Waals surface area contributed by atoms with Crippen LogP contribution in [0, 0.1) is 0 Å². The fourth-order valence-electron chi connectivity index (χ4n) is 2.64. The maximum Gasteiger partial charge on any atom is 0.412 e. The van der Waals surface area contributed by atoms with Gasteiger partial charge in [-0.15, -0.1) is 0 Å². The molecule has 1 saturated heterocycles. The molecular formula is C18H19ClFN3O3. The molecule has 1 aliphatic heterocycles. The number of benzene rings is 1. The van der Waals surface area contributed by atoms with E-state index in [1.54, 1.807) is 18.1 Å². The Morgan fingerprint density at radius 3 is 2.85 bits per heavy atom. The molecule has 3 rings (SSSR count). The Bertz CT molecular complexity index is 773. The molecule has 26 heavy (non-hydrogen) atoms. The minimum absolute atomic E-state index is 0.186. The van der Waals surface area contributed by atoms with E-state index in [4.69, 9.17) is 21.1 Å². The summed E-state index contributed by atoms with van der Waals surface area (Å²) in [6.07, 6.45) is 0.353. The number of amides is 1. The van der Waals surface area contributed by atoms with Crippen LogP contribution in [-0.2, 0) is 6.54 Å². The van der Waals surface area contributed by atoms with Crippen molar-refractivity contribution in [3.8, 4) is 11.5 Å². The molecule has 1 amide bonds.